The van der Waals surface area contributed by atoms with Gasteiger partial charge in [-0.15, -0.1) is 11.3 Å². The van der Waals surface area contributed by atoms with Crippen molar-refractivity contribution in [2.45, 2.75) is 13.5 Å². The molecule has 3 amide bonds. The highest BCUT2D eigenvalue weighted by Crippen LogP contribution is 2.15. The lowest BCUT2D eigenvalue weighted by Crippen LogP contribution is -2.21. The highest BCUT2D eigenvalue weighted by molar-refractivity contribution is 7.12. The lowest BCUT2D eigenvalue weighted by atomic mass is 10.1. The van der Waals surface area contributed by atoms with Crippen LogP contribution in [0.1, 0.15) is 32.5 Å². The summed E-state index contributed by atoms with van der Waals surface area (Å²) in [5.41, 5.74) is 2.71. The van der Waals surface area contributed by atoms with Crippen molar-refractivity contribution in [1.29, 1.82) is 0 Å². The second-order valence-electron chi connectivity index (χ2n) is 6.07. The van der Waals surface area contributed by atoms with Gasteiger partial charge in [0.05, 0.1) is 4.88 Å². The number of amides is 3. The zero-order valence-electron chi connectivity index (χ0n) is 15.2. The van der Waals surface area contributed by atoms with Gasteiger partial charge in [-0.2, -0.15) is 0 Å². The minimum Gasteiger partial charge on any atom is -0.347 e. The molecule has 7 heteroatoms. The number of benzene rings is 2. The Balaban J connectivity index is 1.54. The highest BCUT2D eigenvalue weighted by atomic mass is 32.1. The third-order valence-electron chi connectivity index (χ3n) is 3.88. The van der Waals surface area contributed by atoms with E-state index in [1.165, 1.54) is 18.3 Å². The number of carbonyl (C=O) groups is 3. The molecule has 28 heavy (non-hydrogen) atoms. The predicted octanol–water partition coefficient (Wildman–Crippen LogP) is 3.89. The van der Waals surface area contributed by atoms with Gasteiger partial charge in [0.15, 0.2) is 0 Å². The molecule has 0 radical (unpaired) electrons. The van der Waals surface area contributed by atoms with Crippen molar-refractivity contribution in [2.24, 2.45) is 0 Å². The number of anilines is 2. The van der Waals surface area contributed by atoms with Crippen LogP contribution in [-0.4, -0.2) is 17.7 Å². The predicted molar refractivity (Wildman–Crippen MR) is 111 cm³/mol. The quantitative estimate of drug-likeness (QED) is 0.594. The number of rotatable bonds is 6. The maximum absolute atomic E-state index is 12.4. The van der Waals surface area contributed by atoms with Crippen LogP contribution in [-0.2, 0) is 11.3 Å². The minimum atomic E-state index is -0.235. The van der Waals surface area contributed by atoms with Crippen LogP contribution in [0.3, 0.4) is 0 Å². The number of hydrogen-bond donors (Lipinski definition) is 3. The molecule has 3 N–H and O–H groups in total. The van der Waals surface area contributed by atoms with E-state index in [2.05, 4.69) is 16.0 Å². The van der Waals surface area contributed by atoms with Crippen LogP contribution >= 0.6 is 11.3 Å². The zero-order valence-corrected chi connectivity index (χ0v) is 16.0. The Hall–Kier alpha value is -3.45. The molecule has 0 saturated carbocycles. The van der Waals surface area contributed by atoms with E-state index in [1.54, 1.807) is 42.5 Å². The standard InChI is InChI=1S/C21H19N3O3S/c1-14(25)23-17-8-10-18(11-9-17)24-20(26)16-6-4-15(5-7-16)13-22-21(27)19-3-2-12-28-19/h2-12H,13H2,1H3,(H,22,27)(H,23,25)(H,24,26). The maximum atomic E-state index is 12.4. The van der Waals surface area contributed by atoms with E-state index < -0.39 is 0 Å². The average molecular weight is 393 g/mol. The first-order valence-corrected chi connectivity index (χ1v) is 9.49. The SMILES string of the molecule is CC(=O)Nc1ccc(NC(=O)c2ccc(CNC(=O)c3cccs3)cc2)cc1. The number of thiophene rings is 1. The van der Waals surface area contributed by atoms with Gasteiger partial charge in [-0.1, -0.05) is 18.2 Å². The van der Waals surface area contributed by atoms with Crippen LogP contribution in [0, 0.1) is 0 Å². The Morgan fingerprint density at radius 3 is 2.04 bits per heavy atom. The second kappa shape index (κ2) is 8.96. The smallest absolute Gasteiger partial charge is 0.261 e. The van der Waals surface area contributed by atoms with Crippen LogP contribution in [0.25, 0.3) is 0 Å². The average Bonchev–Trinajstić information content (AvgIpc) is 3.22. The Morgan fingerprint density at radius 2 is 1.46 bits per heavy atom. The molecule has 0 bridgehead atoms. The molecule has 0 spiro atoms. The van der Waals surface area contributed by atoms with E-state index in [-0.39, 0.29) is 17.7 Å². The van der Waals surface area contributed by atoms with Crippen LogP contribution in [0.5, 0.6) is 0 Å². The lowest BCUT2D eigenvalue weighted by Gasteiger charge is -2.08. The van der Waals surface area contributed by atoms with Gasteiger partial charge in [0.1, 0.15) is 0 Å². The van der Waals surface area contributed by atoms with E-state index >= 15 is 0 Å². The Bertz CT molecular complexity index is 965. The van der Waals surface area contributed by atoms with Crippen LogP contribution < -0.4 is 16.0 Å². The summed E-state index contributed by atoms with van der Waals surface area (Å²) in [7, 11) is 0. The molecule has 6 nitrogen and oxygen atoms in total. The van der Waals surface area contributed by atoms with Gasteiger partial charge >= 0.3 is 0 Å². The molecule has 3 aromatic rings. The van der Waals surface area contributed by atoms with Gasteiger partial charge in [0.25, 0.3) is 11.8 Å². The third kappa shape index (κ3) is 5.28. The lowest BCUT2D eigenvalue weighted by molar-refractivity contribution is -0.114. The van der Waals surface area contributed by atoms with Crippen LogP contribution in [0.2, 0.25) is 0 Å². The van der Waals surface area contributed by atoms with Gasteiger partial charge < -0.3 is 16.0 Å². The molecule has 0 aliphatic carbocycles. The topological polar surface area (TPSA) is 87.3 Å². The molecule has 1 heterocycles. The number of nitrogens with one attached hydrogen (secondary N) is 3. The summed E-state index contributed by atoms with van der Waals surface area (Å²) in [5.74, 6) is -0.496. The van der Waals surface area contributed by atoms with E-state index in [0.717, 1.165) is 5.56 Å². The minimum absolute atomic E-state index is 0.112. The highest BCUT2D eigenvalue weighted by Gasteiger charge is 2.08. The van der Waals surface area contributed by atoms with Gasteiger partial charge in [-0.05, 0) is 53.4 Å². The van der Waals surface area contributed by atoms with Gasteiger partial charge in [-0.3, -0.25) is 14.4 Å². The summed E-state index contributed by atoms with van der Waals surface area (Å²) >= 11 is 1.39. The fourth-order valence-electron chi connectivity index (χ4n) is 2.49. The Labute approximate surface area is 166 Å². The summed E-state index contributed by atoms with van der Waals surface area (Å²) in [5, 5.41) is 10.2. The molecule has 0 aliphatic heterocycles. The van der Waals surface area contributed by atoms with Gasteiger partial charge in [-0.25, -0.2) is 0 Å². The summed E-state index contributed by atoms with van der Waals surface area (Å²) < 4.78 is 0. The molecule has 0 fully saturated rings. The van der Waals surface area contributed by atoms with Crippen molar-refractivity contribution in [3.8, 4) is 0 Å². The van der Waals surface area contributed by atoms with E-state index in [1.807, 2.05) is 23.6 Å². The van der Waals surface area contributed by atoms with Gasteiger partial charge in [0, 0.05) is 30.4 Å². The van der Waals surface area contributed by atoms with Crippen molar-refractivity contribution >= 4 is 40.4 Å². The Kier molecular flexibility index (Phi) is 6.18. The molecular formula is C21H19N3O3S. The molecule has 0 saturated heterocycles. The van der Waals surface area contributed by atoms with Crippen LogP contribution in [0.15, 0.2) is 66.0 Å². The number of hydrogen-bond acceptors (Lipinski definition) is 4. The van der Waals surface area contributed by atoms with Crippen molar-refractivity contribution in [3.63, 3.8) is 0 Å². The van der Waals surface area contributed by atoms with Gasteiger partial charge in [0.2, 0.25) is 5.91 Å². The van der Waals surface area contributed by atoms with Crippen molar-refractivity contribution in [2.75, 3.05) is 10.6 Å². The van der Waals surface area contributed by atoms with Crippen molar-refractivity contribution < 1.29 is 14.4 Å². The van der Waals surface area contributed by atoms with E-state index in [0.29, 0.717) is 28.4 Å². The summed E-state index contributed by atoms with van der Waals surface area (Å²) in [6.45, 7) is 1.83. The fourth-order valence-corrected chi connectivity index (χ4v) is 3.13. The Morgan fingerprint density at radius 1 is 0.821 bits per heavy atom. The van der Waals surface area contributed by atoms with Crippen molar-refractivity contribution in [3.05, 3.63) is 82.0 Å². The molecular weight excluding hydrogens is 374 g/mol. The third-order valence-corrected chi connectivity index (χ3v) is 4.75. The second-order valence-corrected chi connectivity index (χ2v) is 7.02. The maximum Gasteiger partial charge on any atom is 0.261 e. The number of carbonyl (C=O) groups excluding carboxylic acids is 3. The van der Waals surface area contributed by atoms with E-state index in [9.17, 15) is 14.4 Å². The first-order chi connectivity index (χ1) is 13.5. The molecule has 0 aliphatic rings. The summed E-state index contributed by atoms with van der Waals surface area (Å²) in [6.07, 6.45) is 0. The molecule has 3 rings (SSSR count). The molecule has 0 unspecified atom stereocenters. The molecule has 2 aromatic carbocycles. The molecule has 0 atom stereocenters. The van der Waals surface area contributed by atoms with E-state index in [4.69, 9.17) is 0 Å². The fraction of sp³-hybridized carbons (Fsp3) is 0.0952. The van der Waals surface area contributed by atoms with Crippen molar-refractivity contribution in [1.82, 2.24) is 5.32 Å². The zero-order chi connectivity index (χ0) is 19.9. The first-order valence-electron chi connectivity index (χ1n) is 8.61. The summed E-state index contributed by atoms with van der Waals surface area (Å²) in [4.78, 5) is 36.0. The van der Waals surface area contributed by atoms with Crippen LogP contribution in [0.4, 0.5) is 11.4 Å². The summed E-state index contributed by atoms with van der Waals surface area (Å²) in [6, 6.07) is 17.5. The normalized spacial score (nSPS) is 10.2. The first kappa shape index (κ1) is 19.3. The monoisotopic (exact) mass is 393 g/mol. The largest absolute Gasteiger partial charge is 0.347 e. The molecule has 1 aromatic heterocycles. The molecule has 142 valence electrons.